The summed E-state index contributed by atoms with van der Waals surface area (Å²) in [5.74, 6) is 1.43. The van der Waals surface area contributed by atoms with Gasteiger partial charge >= 0.3 is 6.03 Å². The van der Waals surface area contributed by atoms with Crippen LogP contribution < -0.4 is 21.1 Å². The standard InChI is InChI=1S/C18H24N4O2/c1-4-14(5-2)24-16-10-9-15(22-17(16)20-3)12-7-6-8-13(11-12)21-18(19)23/h6-11,14H,4-5H2,1-3H3,(H,20,22)(H3,19,21,23). The fourth-order valence-electron chi connectivity index (χ4n) is 2.41. The molecule has 128 valence electrons. The monoisotopic (exact) mass is 328 g/mol. The van der Waals surface area contributed by atoms with Crippen molar-refractivity contribution in [3.05, 3.63) is 36.4 Å². The van der Waals surface area contributed by atoms with Crippen LogP contribution in [0.3, 0.4) is 0 Å². The maximum absolute atomic E-state index is 11.0. The zero-order valence-corrected chi connectivity index (χ0v) is 14.3. The molecule has 0 aliphatic rings. The second-order valence-electron chi connectivity index (χ2n) is 5.42. The van der Waals surface area contributed by atoms with Gasteiger partial charge in [-0.2, -0.15) is 0 Å². The number of hydrogen-bond acceptors (Lipinski definition) is 4. The van der Waals surface area contributed by atoms with Crippen LogP contribution in [0, 0.1) is 0 Å². The molecule has 2 rings (SSSR count). The summed E-state index contributed by atoms with van der Waals surface area (Å²) < 4.78 is 6.00. The van der Waals surface area contributed by atoms with Crippen LogP contribution in [0.2, 0.25) is 0 Å². The topological polar surface area (TPSA) is 89.3 Å². The predicted molar refractivity (Wildman–Crippen MR) is 97.4 cm³/mol. The molecule has 0 atom stereocenters. The number of benzene rings is 1. The highest BCUT2D eigenvalue weighted by molar-refractivity contribution is 5.88. The first kappa shape index (κ1) is 17.6. The fourth-order valence-corrected chi connectivity index (χ4v) is 2.41. The van der Waals surface area contributed by atoms with Crippen molar-refractivity contribution < 1.29 is 9.53 Å². The lowest BCUT2D eigenvalue weighted by Gasteiger charge is -2.18. The summed E-state index contributed by atoms with van der Waals surface area (Å²) >= 11 is 0. The van der Waals surface area contributed by atoms with Crippen molar-refractivity contribution in [2.75, 3.05) is 17.7 Å². The first-order chi connectivity index (χ1) is 11.6. The molecule has 0 spiro atoms. The number of urea groups is 1. The molecule has 6 heteroatoms. The van der Waals surface area contributed by atoms with Gasteiger partial charge in [0.1, 0.15) is 0 Å². The van der Waals surface area contributed by atoms with Gasteiger partial charge in [-0.05, 0) is 37.1 Å². The van der Waals surface area contributed by atoms with Gasteiger partial charge in [0.15, 0.2) is 11.6 Å². The number of nitrogens with two attached hydrogens (primary N) is 1. The van der Waals surface area contributed by atoms with Crippen LogP contribution in [0.4, 0.5) is 16.3 Å². The average Bonchev–Trinajstić information content (AvgIpc) is 2.59. The average molecular weight is 328 g/mol. The van der Waals surface area contributed by atoms with Crippen molar-refractivity contribution >= 4 is 17.5 Å². The second-order valence-corrected chi connectivity index (χ2v) is 5.42. The van der Waals surface area contributed by atoms with Gasteiger partial charge in [0, 0.05) is 18.3 Å². The molecule has 0 fully saturated rings. The van der Waals surface area contributed by atoms with Gasteiger partial charge in [0.2, 0.25) is 0 Å². The molecule has 24 heavy (non-hydrogen) atoms. The van der Waals surface area contributed by atoms with Gasteiger partial charge in [-0.25, -0.2) is 9.78 Å². The van der Waals surface area contributed by atoms with E-state index in [1.807, 2.05) is 37.4 Å². The van der Waals surface area contributed by atoms with E-state index in [9.17, 15) is 4.79 Å². The lowest BCUT2D eigenvalue weighted by molar-refractivity contribution is 0.193. The van der Waals surface area contributed by atoms with Crippen LogP contribution in [0.25, 0.3) is 11.3 Å². The largest absolute Gasteiger partial charge is 0.487 e. The molecule has 0 radical (unpaired) electrons. The van der Waals surface area contributed by atoms with E-state index in [0.717, 1.165) is 29.8 Å². The van der Waals surface area contributed by atoms with Gasteiger partial charge in [0.05, 0.1) is 11.8 Å². The quantitative estimate of drug-likeness (QED) is 0.720. The molecule has 2 amide bonds. The second kappa shape index (κ2) is 8.19. The lowest BCUT2D eigenvalue weighted by Crippen LogP contribution is -2.19. The number of carbonyl (C=O) groups excluding carboxylic acids is 1. The van der Waals surface area contributed by atoms with E-state index in [1.54, 1.807) is 6.07 Å². The van der Waals surface area contributed by atoms with E-state index in [4.69, 9.17) is 10.5 Å². The zero-order chi connectivity index (χ0) is 17.5. The lowest BCUT2D eigenvalue weighted by atomic mass is 10.1. The Balaban J connectivity index is 2.30. The van der Waals surface area contributed by atoms with Crippen LogP contribution in [-0.2, 0) is 0 Å². The van der Waals surface area contributed by atoms with Crippen molar-refractivity contribution in [3.63, 3.8) is 0 Å². The molecule has 0 saturated carbocycles. The zero-order valence-electron chi connectivity index (χ0n) is 14.3. The number of amides is 2. The van der Waals surface area contributed by atoms with Crippen LogP contribution >= 0.6 is 0 Å². The third kappa shape index (κ3) is 4.38. The maximum atomic E-state index is 11.0. The third-order valence-corrected chi connectivity index (χ3v) is 3.73. The highest BCUT2D eigenvalue weighted by Crippen LogP contribution is 2.29. The number of ether oxygens (including phenoxy) is 1. The molecule has 0 aliphatic carbocycles. The minimum absolute atomic E-state index is 0.174. The molecule has 2 aromatic rings. The van der Waals surface area contributed by atoms with Gasteiger partial charge < -0.3 is 21.1 Å². The van der Waals surface area contributed by atoms with Crippen LogP contribution in [-0.4, -0.2) is 24.2 Å². The minimum atomic E-state index is -0.593. The molecular weight excluding hydrogens is 304 g/mol. The normalized spacial score (nSPS) is 10.5. The summed E-state index contributed by atoms with van der Waals surface area (Å²) in [7, 11) is 1.82. The third-order valence-electron chi connectivity index (χ3n) is 3.73. The Morgan fingerprint density at radius 2 is 2.00 bits per heavy atom. The minimum Gasteiger partial charge on any atom is -0.487 e. The van der Waals surface area contributed by atoms with Gasteiger partial charge in [-0.15, -0.1) is 0 Å². The Morgan fingerprint density at radius 1 is 1.25 bits per heavy atom. The summed E-state index contributed by atoms with van der Waals surface area (Å²) in [5.41, 5.74) is 7.45. The molecule has 4 N–H and O–H groups in total. The molecule has 0 bridgehead atoms. The first-order valence-electron chi connectivity index (χ1n) is 8.09. The number of hydrogen-bond donors (Lipinski definition) is 3. The van der Waals surface area contributed by atoms with Crippen LogP contribution in [0.5, 0.6) is 5.75 Å². The fraction of sp³-hybridized carbons (Fsp3) is 0.333. The molecule has 0 saturated heterocycles. The molecule has 1 aromatic heterocycles. The summed E-state index contributed by atoms with van der Waals surface area (Å²) in [5, 5.41) is 5.65. The van der Waals surface area contributed by atoms with Crippen molar-refractivity contribution in [1.29, 1.82) is 0 Å². The first-order valence-corrected chi connectivity index (χ1v) is 8.09. The van der Waals surface area contributed by atoms with Crippen molar-refractivity contribution in [2.45, 2.75) is 32.8 Å². The highest BCUT2D eigenvalue weighted by atomic mass is 16.5. The number of carbonyl (C=O) groups is 1. The number of rotatable bonds is 7. The number of nitrogens with zero attached hydrogens (tertiary/aromatic N) is 1. The summed E-state index contributed by atoms with van der Waals surface area (Å²) in [4.78, 5) is 15.6. The van der Waals surface area contributed by atoms with E-state index in [-0.39, 0.29) is 6.10 Å². The van der Waals surface area contributed by atoms with E-state index in [2.05, 4.69) is 29.5 Å². The molecule has 1 aromatic carbocycles. The Bertz CT molecular complexity index is 699. The number of pyridine rings is 1. The summed E-state index contributed by atoms with van der Waals surface area (Å²) in [6, 6.07) is 10.6. The smallest absolute Gasteiger partial charge is 0.316 e. The Morgan fingerprint density at radius 3 is 2.62 bits per heavy atom. The van der Waals surface area contributed by atoms with Crippen molar-refractivity contribution in [2.24, 2.45) is 5.73 Å². The van der Waals surface area contributed by atoms with Gasteiger partial charge in [0.25, 0.3) is 0 Å². The van der Waals surface area contributed by atoms with Crippen molar-refractivity contribution in [3.8, 4) is 17.0 Å². The predicted octanol–water partition coefficient (Wildman–Crippen LogP) is 3.85. The number of nitrogens with one attached hydrogen (secondary N) is 2. The van der Waals surface area contributed by atoms with Crippen molar-refractivity contribution in [1.82, 2.24) is 4.98 Å². The molecule has 6 nitrogen and oxygen atoms in total. The highest BCUT2D eigenvalue weighted by Gasteiger charge is 2.12. The van der Waals surface area contributed by atoms with E-state index in [1.165, 1.54) is 0 Å². The van der Waals surface area contributed by atoms with Crippen LogP contribution in [0.1, 0.15) is 26.7 Å². The molecule has 1 heterocycles. The summed E-state index contributed by atoms with van der Waals surface area (Å²) in [6.07, 6.45) is 2.07. The summed E-state index contributed by atoms with van der Waals surface area (Å²) in [6.45, 7) is 4.21. The molecular formula is C18H24N4O2. The van der Waals surface area contributed by atoms with E-state index < -0.39 is 6.03 Å². The SMILES string of the molecule is CCC(CC)Oc1ccc(-c2cccc(NC(N)=O)c2)nc1NC. The number of aromatic nitrogens is 1. The molecule has 0 aliphatic heterocycles. The van der Waals surface area contributed by atoms with Gasteiger partial charge in [-0.3, -0.25) is 0 Å². The van der Waals surface area contributed by atoms with Gasteiger partial charge in [-0.1, -0.05) is 26.0 Å². The Kier molecular flexibility index (Phi) is 6.01. The Hall–Kier alpha value is -2.76. The number of anilines is 2. The maximum Gasteiger partial charge on any atom is 0.316 e. The van der Waals surface area contributed by atoms with E-state index >= 15 is 0 Å². The number of primary amides is 1. The van der Waals surface area contributed by atoms with E-state index in [0.29, 0.717) is 11.5 Å². The molecule has 0 unspecified atom stereocenters. The Labute approximate surface area is 142 Å². The van der Waals surface area contributed by atoms with Crippen LogP contribution in [0.15, 0.2) is 36.4 Å².